The maximum absolute atomic E-state index is 11.4. The second kappa shape index (κ2) is 7.48. The van der Waals surface area contributed by atoms with E-state index in [4.69, 9.17) is 4.74 Å². The molecule has 0 spiro atoms. The molecule has 0 radical (unpaired) electrons. The number of esters is 1. The molecule has 4 nitrogen and oxygen atoms in total. The summed E-state index contributed by atoms with van der Waals surface area (Å²) in [5, 5.41) is 2.94. The molecule has 0 saturated heterocycles. The first-order valence-corrected chi connectivity index (χ1v) is 7.68. The lowest BCUT2D eigenvalue weighted by Crippen LogP contribution is -2.34. The van der Waals surface area contributed by atoms with Crippen LogP contribution in [0.3, 0.4) is 0 Å². The summed E-state index contributed by atoms with van der Waals surface area (Å²) in [5.41, 5.74) is 0.799. The molecule has 0 bridgehead atoms. The van der Waals surface area contributed by atoms with Crippen molar-refractivity contribution < 1.29 is 9.53 Å². The Labute approximate surface area is 119 Å². The van der Waals surface area contributed by atoms with Crippen molar-refractivity contribution in [1.82, 2.24) is 4.98 Å². The second-order valence-corrected chi connectivity index (χ2v) is 6.08. The van der Waals surface area contributed by atoms with Gasteiger partial charge in [-0.3, -0.25) is 4.79 Å². The van der Waals surface area contributed by atoms with Gasteiger partial charge in [-0.05, 0) is 26.7 Å². The first-order valence-electron chi connectivity index (χ1n) is 6.80. The fourth-order valence-electron chi connectivity index (χ4n) is 1.77. The number of nitrogens with zero attached hydrogens (tertiary/aromatic N) is 2. The fraction of sp³-hybridized carbons (Fsp3) is 0.714. The first kappa shape index (κ1) is 16.0. The highest BCUT2D eigenvalue weighted by molar-refractivity contribution is 7.13. The van der Waals surface area contributed by atoms with Gasteiger partial charge in [0.2, 0.25) is 0 Å². The largest absolute Gasteiger partial charge is 0.466 e. The Morgan fingerprint density at radius 1 is 1.42 bits per heavy atom. The van der Waals surface area contributed by atoms with Crippen LogP contribution in [0.1, 0.15) is 40.3 Å². The lowest BCUT2D eigenvalue weighted by Gasteiger charge is -2.27. The van der Waals surface area contributed by atoms with Crippen LogP contribution in [0.15, 0.2) is 5.38 Å². The van der Waals surface area contributed by atoms with Gasteiger partial charge in [0.1, 0.15) is 0 Å². The lowest BCUT2D eigenvalue weighted by molar-refractivity contribution is -0.142. The standard InChI is InChI=1S/C14H24N2O2S/c1-6-18-13(17)7-12-9-19-14(15-12)16(11(4)5)8-10(2)3/h9-11H,6-8H2,1-5H3. The number of carbonyl (C=O) groups excluding carboxylic acids is 1. The average molecular weight is 284 g/mol. The zero-order valence-corrected chi connectivity index (χ0v) is 13.3. The molecule has 108 valence electrons. The quantitative estimate of drug-likeness (QED) is 0.722. The van der Waals surface area contributed by atoms with Gasteiger partial charge in [-0.15, -0.1) is 11.3 Å². The molecule has 1 aromatic rings. The third-order valence-electron chi connectivity index (χ3n) is 2.60. The van der Waals surface area contributed by atoms with E-state index in [2.05, 4.69) is 37.6 Å². The molecule has 1 aromatic heterocycles. The normalized spacial score (nSPS) is 11.1. The van der Waals surface area contributed by atoms with Crippen LogP contribution in [0.2, 0.25) is 0 Å². The van der Waals surface area contributed by atoms with Gasteiger partial charge in [-0.2, -0.15) is 0 Å². The zero-order valence-electron chi connectivity index (χ0n) is 12.5. The minimum atomic E-state index is -0.209. The molecule has 0 aliphatic heterocycles. The van der Waals surface area contributed by atoms with Crippen LogP contribution in [0.5, 0.6) is 0 Å². The number of hydrogen-bond donors (Lipinski definition) is 0. The van der Waals surface area contributed by atoms with Crippen LogP contribution in [0.25, 0.3) is 0 Å². The Balaban J connectivity index is 2.73. The van der Waals surface area contributed by atoms with E-state index >= 15 is 0 Å². The van der Waals surface area contributed by atoms with Gasteiger partial charge in [0, 0.05) is 18.0 Å². The van der Waals surface area contributed by atoms with Crippen LogP contribution in [0, 0.1) is 5.92 Å². The molecule has 0 amide bonds. The van der Waals surface area contributed by atoms with Crippen LogP contribution in [-0.2, 0) is 16.0 Å². The zero-order chi connectivity index (χ0) is 14.4. The highest BCUT2D eigenvalue weighted by Gasteiger charge is 2.17. The number of thiazole rings is 1. The van der Waals surface area contributed by atoms with E-state index < -0.39 is 0 Å². The van der Waals surface area contributed by atoms with Crippen molar-refractivity contribution in [3.8, 4) is 0 Å². The summed E-state index contributed by atoms with van der Waals surface area (Å²) in [7, 11) is 0. The summed E-state index contributed by atoms with van der Waals surface area (Å²) in [6, 6.07) is 0.406. The Kier molecular flexibility index (Phi) is 6.28. The lowest BCUT2D eigenvalue weighted by atomic mass is 10.2. The molecule has 1 rings (SSSR count). The molecule has 0 aromatic carbocycles. The minimum Gasteiger partial charge on any atom is -0.466 e. The Hall–Kier alpha value is -1.10. The number of hydrogen-bond acceptors (Lipinski definition) is 5. The predicted molar refractivity (Wildman–Crippen MR) is 79.8 cm³/mol. The number of ether oxygens (including phenoxy) is 1. The van der Waals surface area contributed by atoms with Crippen LogP contribution < -0.4 is 4.90 Å². The minimum absolute atomic E-state index is 0.209. The smallest absolute Gasteiger partial charge is 0.311 e. The van der Waals surface area contributed by atoms with E-state index in [0.29, 0.717) is 18.6 Å². The molecule has 0 saturated carbocycles. The molecule has 5 heteroatoms. The topological polar surface area (TPSA) is 42.4 Å². The van der Waals surface area contributed by atoms with Gasteiger partial charge < -0.3 is 9.64 Å². The van der Waals surface area contributed by atoms with Crippen molar-refractivity contribution in [2.24, 2.45) is 5.92 Å². The Morgan fingerprint density at radius 3 is 2.63 bits per heavy atom. The van der Waals surface area contributed by atoms with E-state index in [1.54, 1.807) is 11.3 Å². The van der Waals surface area contributed by atoms with Crippen molar-refractivity contribution in [2.75, 3.05) is 18.1 Å². The number of aromatic nitrogens is 1. The SMILES string of the molecule is CCOC(=O)Cc1csc(N(CC(C)C)C(C)C)n1. The summed E-state index contributed by atoms with van der Waals surface area (Å²) in [6.45, 7) is 11.9. The molecule has 0 aliphatic carbocycles. The maximum Gasteiger partial charge on any atom is 0.311 e. The maximum atomic E-state index is 11.4. The van der Waals surface area contributed by atoms with Gasteiger partial charge in [-0.1, -0.05) is 13.8 Å². The van der Waals surface area contributed by atoms with Crippen molar-refractivity contribution in [3.63, 3.8) is 0 Å². The monoisotopic (exact) mass is 284 g/mol. The van der Waals surface area contributed by atoms with E-state index in [1.807, 2.05) is 12.3 Å². The first-order chi connectivity index (χ1) is 8.93. The molecule has 0 aliphatic rings. The van der Waals surface area contributed by atoms with E-state index in [0.717, 1.165) is 17.4 Å². The summed E-state index contributed by atoms with van der Waals surface area (Å²) in [4.78, 5) is 18.3. The molecule has 0 atom stereocenters. The Bertz CT molecular complexity index is 402. The molecule has 19 heavy (non-hydrogen) atoms. The molecule has 0 unspecified atom stereocenters. The fourth-order valence-corrected chi connectivity index (χ4v) is 2.74. The van der Waals surface area contributed by atoms with Gasteiger partial charge in [0.25, 0.3) is 0 Å². The van der Waals surface area contributed by atoms with Gasteiger partial charge in [-0.25, -0.2) is 4.98 Å². The van der Waals surface area contributed by atoms with Gasteiger partial charge >= 0.3 is 5.97 Å². The van der Waals surface area contributed by atoms with Crippen molar-refractivity contribution >= 4 is 22.4 Å². The van der Waals surface area contributed by atoms with Crippen LogP contribution >= 0.6 is 11.3 Å². The highest BCUT2D eigenvalue weighted by atomic mass is 32.1. The third kappa shape index (κ3) is 5.19. The van der Waals surface area contributed by atoms with E-state index in [-0.39, 0.29) is 12.4 Å². The van der Waals surface area contributed by atoms with Crippen molar-refractivity contribution in [3.05, 3.63) is 11.1 Å². The molecular formula is C14H24N2O2S. The van der Waals surface area contributed by atoms with Crippen molar-refractivity contribution in [1.29, 1.82) is 0 Å². The third-order valence-corrected chi connectivity index (χ3v) is 3.53. The highest BCUT2D eigenvalue weighted by Crippen LogP contribution is 2.24. The Morgan fingerprint density at radius 2 is 2.11 bits per heavy atom. The van der Waals surface area contributed by atoms with Gasteiger partial charge in [0.05, 0.1) is 18.7 Å². The summed E-state index contributed by atoms with van der Waals surface area (Å²) >= 11 is 1.60. The second-order valence-electron chi connectivity index (χ2n) is 5.24. The molecule has 0 fully saturated rings. The van der Waals surface area contributed by atoms with E-state index in [1.165, 1.54) is 0 Å². The summed E-state index contributed by atoms with van der Waals surface area (Å²) in [5.74, 6) is 0.374. The molecule has 0 N–H and O–H groups in total. The predicted octanol–water partition coefficient (Wildman–Crippen LogP) is 3.12. The van der Waals surface area contributed by atoms with E-state index in [9.17, 15) is 4.79 Å². The molecular weight excluding hydrogens is 260 g/mol. The summed E-state index contributed by atoms with van der Waals surface area (Å²) in [6.07, 6.45) is 0.262. The number of rotatable bonds is 7. The number of anilines is 1. The van der Waals surface area contributed by atoms with Crippen molar-refractivity contribution in [2.45, 2.75) is 47.1 Å². The van der Waals surface area contributed by atoms with Gasteiger partial charge in [0.15, 0.2) is 5.13 Å². The number of carbonyl (C=O) groups is 1. The average Bonchev–Trinajstić information content (AvgIpc) is 2.73. The van der Waals surface area contributed by atoms with Crippen LogP contribution in [0.4, 0.5) is 5.13 Å². The molecule has 1 heterocycles. The summed E-state index contributed by atoms with van der Waals surface area (Å²) < 4.78 is 4.94. The van der Waals surface area contributed by atoms with Crippen LogP contribution in [-0.4, -0.2) is 30.1 Å².